The predicted octanol–water partition coefficient (Wildman–Crippen LogP) is 5.57. The van der Waals surface area contributed by atoms with Crippen LogP contribution < -0.4 is 0 Å². The van der Waals surface area contributed by atoms with E-state index in [0.29, 0.717) is 27.6 Å². The lowest BCUT2D eigenvalue weighted by molar-refractivity contribution is 0.0724. The fourth-order valence-corrected chi connectivity index (χ4v) is 4.60. The number of hydrogen-bond donors (Lipinski definition) is 0. The van der Waals surface area contributed by atoms with Gasteiger partial charge in [-0.25, -0.2) is 0 Å². The van der Waals surface area contributed by atoms with E-state index in [2.05, 4.69) is 10.6 Å². The number of rotatable bonds is 3. The van der Waals surface area contributed by atoms with Crippen molar-refractivity contribution < 1.29 is 4.79 Å². The van der Waals surface area contributed by atoms with Crippen molar-refractivity contribution in [3.8, 4) is 6.07 Å². The molecule has 1 aliphatic heterocycles. The third kappa shape index (κ3) is 3.73. The quantitative estimate of drug-likeness (QED) is 0.550. The molecule has 4 rings (SSSR count). The van der Waals surface area contributed by atoms with Gasteiger partial charge in [0, 0.05) is 48.2 Å². The second-order valence-electron chi connectivity index (χ2n) is 7.50. The van der Waals surface area contributed by atoms with Gasteiger partial charge in [-0.3, -0.25) is 4.79 Å². The summed E-state index contributed by atoms with van der Waals surface area (Å²) in [6.45, 7) is 1.55. The van der Waals surface area contributed by atoms with E-state index in [9.17, 15) is 4.79 Å². The Morgan fingerprint density at radius 1 is 1.10 bits per heavy atom. The summed E-state index contributed by atoms with van der Waals surface area (Å²) < 4.78 is 2.07. The summed E-state index contributed by atoms with van der Waals surface area (Å²) >= 11 is 13.2. The second-order valence-corrected chi connectivity index (χ2v) is 8.28. The molecule has 0 N–H and O–H groups in total. The Morgan fingerprint density at radius 3 is 2.59 bits per heavy atom. The predicted molar refractivity (Wildman–Crippen MR) is 117 cm³/mol. The van der Waals surface area contributed by atoms with E-state index in [4.69, 9.17) is 28.5 Å². The Bertz CT molecular complexity index is 1140. The van der Waals surface area contributed by atoms with Crippen molar-refractivity contribution in [3.05, 3.63) is 68.8 Å². The lowest BCUT2D eigenvalue weighted by Gasteiger charge is -2.27. The summed E-state index contributed by atoms with van der Waals surface area (Å²) in [5.41, 5.74) is 3.94. The third-order valence-electron chi connectivity index (χ3n) is 5.69. The summed E-state index contributed by atoms with van der Waals surface area (Å²) in [5.74, 6) is -0.0247. The highest BCUT2D eigenvalue weighted by molar-refractivity contribution is 6.38. The molecule has 1 saturated heterocycles. The first kappa shape index (κ1) is 19.8. The maximum atomic E-state index is 13.0. The number of aromatic nitrogens is 1. The molecule has 4 nitrogen and oxygen atoms in total. The number of likely N-dealkylation sites (tertiary alicyclic amines) is 1. The zero-order chi connectivity index (χ0) is 20.5. The number of piperidine rings is 1. The van der Waals surface area contributed by atoms with Gasteiger partial charge in [0.05, 0.1) is 22.2 Å². The van der Waals surface area contributed by atoms with Gasteiger partial charge in [-0.05, 0) is 61.2 Å². The first-order chi connectivity index (χ1) is 14.0. The monoisotopic (exact) mass is 425 g/mol. The van der Waals surface area contributed by atoms with Crippen molar-refractivity contribution in [2.75, 3.05) is 13.1 Å². The number of benzene rings is 2. The maximum absolute atomic E-state index is 13.0. The average Bonchev–Trinajstić information content (AvgIpc) is 3.06. The van der Waals surface area contributed by atoms with Crippen molar-refractivity contribution in [2.45, 2.75) is 25.7 Å². The van der Waals surface area contributed by atoms with Crippen LogP contribution in [0.3, 0.4) is 0 Å². The van der Waals surface area contributed by atoms with Crippen molar-refractivity contribution in [1.82, 2.24) is 9.47 Å². The molecule has 0 unspecified atom stereocenters. The molecule has 0 aliphatic carbocycles. The van der Waals surface area contributed by atoms with Gasteiger partial charge in [-0.2, -0.15) is 5.26 Å². The first-order valence-electron chi connectivity index (χ1n) is 9.74. The van der Waals surface area contributed by atoms with Crippen molar-refractivity contribution in [1.29, 1.82) is 5.26 Å². The highest BCUT2D eigenvalue weighted by Gasteiger charge is 2.23. The molecule has 148 valence electrons. The number of nitriles is 1. The summed E-state index contributed by atoms with van der Waals surface area (Å²) in [4.78, 5) is 14.9. The molecule has 1 aliphatic rings. The number of carbonyl (C=O) groups excluding carboxylic acids is 1. The van der Waals surface area contributed by atoms with E-state index in [1.54, 1.807) is 12.1 Å². The Morgan fingerprint density at radius 2 is 1.86 bits per heavy atom. The minimum Gasteiger partial charge on any atom is -0.347 e. The molecule has 0 spiro atoms. The zero-order valence-electron chi connectivity index (χ0n) is 16.2. The number of nitrogens with zero attached hydrogens (tertiary/aromatic N) is 3. The lowest BCUT2D eigenvalue weighted by atomic mass is 10.0. The Balaban J connectivity index is 1.70. The zero-order valence-corrected chi connectivity index (χ0v) is 17.7. The average molecular weight is 426 g/mol. The summed E-state index contributed by atoms with van der Waals surface area (Å²) in [6, 6.07) is 13.3. The van der Waals surface area contributed by atoms with Crippen LogP contribution in [0.15, 0.2) is 36.4 Å². The molecule has 0 saturated carbocycles. The molecule has 1 aromatic heterocycles. The number of halogens is 2. The van der Waals surface area contributed by atoms with E-state index in [0.717, 1.165) is 54.5 Å². The molecule has 2 heterocycles. The Labute approximate surface area is 180 Å². The minimum atomic E-state index is -0.0247. The van der Waals surface area contributed by atoms with Crippen LogP contribution in [-0.4, -0.2) is 28.5 Å². The standard InChI is InChI=1S/C23H21Cl2N3O/c1-27-17(12-16-11-15(14-26)5-8-21(16)27)13-19-20(24)7-6-18(22(19)25)23(29)28-9-3-2-4-10-28/h5-8,11-12H,2-4,9-10,13H2,1H3. The number of hydrogen-bond acceptors (Lipinski definition) is 2. The highest BCUT2D eigenvalue weighted by atomic mass is 35.5. The normalized spacial score (nSPS) is 14.2. The van der Waals surface area contributed by atoms with Gasteiger partial charge in [-0.1, -0.05) is 23.2 Å². The number of fused-ring (bicyclic) bond motifs is 1. The smallest absolute Gasteiger partial charge is 0.255 e. The molecule has 1 fully saturated rings. The van der Waals surface area contributed by atoms with Gasteiger partial charge < -0.3 is 9.47 Å². The number of aryl methyl sites for hydroxylation is 1. The van der Waals surface area contributed by atoms with Crippen molar-refractivity contribution >= 4 is 40.0 Å². The van der Waals surface area contributed by atoms with E-state index in [1.807, 2.05) is 36.2 Å². The van der Waals surface area contributed by atoms with Crippen LogP contribution >= 0.6 is 23.2 Å². The van der Waals surface area contributed by atoms with E-state index in [1.165, 1.54) is 0 Å². The lowest BCUT2D eigenvalue weighted by Crippen LogP contribution is -2.35. The van der Waals surface area contributed by atoms with Crippen LogP contribution in [0.25, 0.3) is 10.9 Å². The van der Waals surface area contributed by atoms with Crippen molar-refractivity contribution in [3.63, 3.8) is 0 Å². The van der Waals surface area contributed by atoms with Crippen LogP contribution in [0.4, 0.5) is 0 Å². The summed E-state index contributed by atoms with van der Waals surface area (Å²) in [7, 11) is 1.98. The van der Waals surface area contributed by atoms with Gasteiger partial charge >= 0.3 is 0 Å². The molecular formula is C23H21Cl2N3O. The van der Waals surface area contributed by atoms with Gasteiger partial charge in [-0.15, -0.1) is 0 Å². The van der Waals surface area contributed by atoms with Gasteiger partial charge in [0.1, 0.15) is 0 Å². The fourth-order valence-electron chi connectivity index (χ4n) is 4.02. The molecule has 0 radical (unpaired) electrons. The van der Waals surface area contributed by atoms with E-state index < -0.39 is 0 Å². The second kappa shape index (κ2) is 8.10. The molecule has 6 heteroatoms. The molecular weight excluding hydrogens is 405 g/mol. The number of carbonyl (C=O) groups is 1. The molecule has 0 bridgehead atoms. The van der Waals surface area contributed by atoms with Crippen LogP contribution in [0, 0.1) is 11.3 Å². The SMILES string of the molecule is Cn1c(Cc2c(Cl)ccc(C(=O)N3CCCCC3)c2Cl)cc2cc(C#N)ccc21. The fraction of sp³-hybridized carbons (Fsp3) is 0.304. The molecule has 1 amide bonds. The summed E-state index contributed by atoms with van der Waals surface area (Å²) in [5, 5.41) is 11.1. The first-order valence-corrected chi connectivity index (χ1v) is 10.5. The molecule has 2 aromatic carbocycles. The number of amides is 1. The van der Waals surface area contributed by atoms with Crippen LogP contribution in [0.1, 0.15) is 46.4 Å². The minimum absolute atomic E-state index is 0.0247. The molecule has 29 heavy (non-hydrogen) atoms. The Hall–Kier alpha value is -2.48. The van der Waals surface area contributed by atoms with Crippen LogP contribution in [0.2, 0.25) is 10.0 Å². The van der Waals surface area contributed by atoms with E-state index in [-0.39, 0.29) is 5.91 Å². The third-order valence-corrected chi connectivity index (χ3v) is 6.47. The topological polar surface area (TPSA) is 49.0 Å². The Kier molecular flexibility index (Phi) is 5.54. The van der Waals surface area contributed by atoms with Gasteiger partial charge in [0.25, 0.3) is 5.91 Å². The summed E-state index contributed by atoms with van der Waals surface area (Å²) in [6.07, 6.45) is 3.73. The van der Waals surface area contributed by atoms with Gasteiger partial charge in [0.2, 0.25) is 0 Å². The van der Waals surface area contributed by atoms with Crippen LogP contribution in [-0.2, 0) is 13.5 Å². The molecule has 0 atom stereocenters. The van der Waals surface area contributed by atoms with Crippen LogP contribution in [0.5, 0.6) is 0 Å². The highest BCUT2D eigenvalue weighted by Crippen LogP contribution is 2.33. The maximum Gasteiger partial charge on any atom is 0.255 e. The van der Waals surface area contributed by atoms with E-state index >= 15 is 0 Å². The largest absolute Gasteiger partial charge is 0.347 e. The van der Waals surface area contributed by atoms with Crippen molar-refractivity contribution in [2.24, 2.45) is 7.05 Å². The molecule has 3 aromatic rings. The van der Waals surface area contributed by atoms with Gasteiger partial charge in [0.15, 0.2) is 0 Å².